The average molecular weight is 554 g/mol. The van der Waals surface area contributed by atoms with Gasteiger partial charge in [0.25, 0.3) is 0 Å². The van der Waals surface area contributed by atoms with Crippen LogP contribution in [0.15, 0.2) is 145 Å². The first-order chi connectivity index (χ1) is 20.7. The lowest BCUT2D eigenvalue weighted by molar-refractivity contribution is 0.463. The summed E-state index contributed by atoms with van der Waals surface area (Å²) in [7, 11) is 0. The van der Waals surface area contributed by atoms with Crippen molar-refractivity contribution in [3.63, 3.8) is 0 Å². The van der Waals surface area contributed by atoms with Crippen molar-refractivity contribution in [2.75, 3.05) is 0 Å². The summed E-state index contributed by atoms with van der Waals surface area (Å²) in [5.41, 5.74) is 8.89. The predicted octanol–water partition coefficient (Wildman–Crippen LogP) is 10.6. The lowest BCUT2D eigenvalue weighted by atomic mass is 9.57. The third-order valence-electron chi connectivity index (χ3n) is 9.53. The van der Waals surface area contributed by atoms with Crippen LogP contribution in [-0.2, 0) is 5.41 Å². The van der Waals surface area contributed by atoms with Gasteiger partial charge in [0.05, 0.1) is 10.2 Å². The van der Waals surface area contributed by atoms with Gasteiger partial charge in [-0.1, -0.05) is 128 Å². The number of aromatic nitrogens is 1. The summed E-state index contributed by atoms with van der Waals surface area (Å²) in [6.07, 6.45) is 11.2. The maximum Gasteiger partial charge on any atom is 0.0894 e. The molecule has 0 fully saturated rings. The van der Waals surface area contributed by atoms with Gasteiger partial charge in [0.2, 0.25) is 0 Å². The van der Waals surface area contributed by atoms with Gasteiger partial charge in [-0.15, -0.1) is 11.3 Å². The fourth-order valence-electron chi connectivity index (χ4n) is 7.44. The molecule has 2 heteroatoms. The predicted molar refractivity (Wildman–Crippen MR) is 179 cm³/mol. The molecule has 2 atom stereocenters. The SMILES string of the molecule is CC1(c2ccc3ccccc3c2)c2ccccc2C(c2ccc3c(cnc4c5ccccc5sc34)c2)=C2C=CC=CC21. The number of nitrogens with zero attached hydrogens (tertiary/aromatic N) is 1. The number of hydrogen-bond acceptors (Lipinski definition) is 2. The van der Waals surface area contributed by atoms with Crippen molar-refractivity contribution in [1.82, 2.24) is 4.98 Å². The Labute approximate surface area is 248 Å². The number of hydrogen-bond donors (Lipinski definition) is 0. The van der Waals surface area contributed by atoms with E-state index in [1.54, 1.807) is 0 Å². The van der Waals surface area contributed by atoms with Gasteiger partial charge in [0.1, 0.15) is 0 Å². The van der Waals surface area contributed by atoms with E-state index in [0.29, 0.717) is 0 Å². The first kappa shape index (κ1) is 23.9. The molecule has 1 nitrogen and oxygen atoms in total. The highest BCUT2D eigenvalue weighted by Gasteiger charge is 2.44. The molecule has 0 saturated heterocycles. The minimum Gasteiger partial charge on any atom is -0.254 e. The minimum atomic E-state index is -0.206. The van der Waals surface area contributed by atoms with Crippen LogP contribution in [0.4, 0.5) is 0 Å². The molecule has 2 heterocycles. The standard InChI is InChI=1S/C40H27NS/c1-40(29-20-18-25-10-2-3-11-26(25)23-29)34-15-7-4-12-31(34)37(32-13-5-8-16-35(32)40)27-19-21-30-28(22-27)24-41-38-33-14-6-9-17-36(33)42-39(30)38/h2-24,34H,1H3. The number of fused-ring (bicyclic) bond motifs is 8. The number of pyridine rings is 1. The molecule has 5 aromatic carbocycles. The van der Waals surface area contributed by atoms with Crippen LogP contribution in [0.25, 0.3) is 47.4 Å². The average Bonchev–Trinajstić information content (AvgIpc) is 3.44. The monoisotopic (exact) mass is 553 g/mol. The smallest absolute Gasteiger partial charge is 0.0894 e. The highest BCUT2D eigenvalue weighted by Crippen LogP contribution is 2.54. The van der Waals surface area contributed by atoms with E-state index in [9.17, 15) is 0 Å². The lowest BCUT2D eigenvalue weighted by Crippen LogP contribution is -2.38. The minimum absolute atomic E-state index is 0.206. The van der Waals surface area contributed by atoms with Gasteiger partial charge in [-0.2, -0.15) is 0 Å². The Kier molecular flexibility index (Phi) is 5.03. The maximum absolute atomic E-state index is 4.97. The quantitative estimate of drug-likeness (QED) is 0.207. The zero-order chi connectivity index (χ0) is 27.8. The summed E-state index contributed by atoms with van der Waals surface area (Å²) in [5, 5.41) is 6.27. The third-order valence-corrected chi connectivity index (χ3v) is 10.7. The van der Waals surface area contributed by atoms with Gasteiger partial charge in [0, 0.05) is 38.4 Å². The van der Waals surface area contributed by atoms with Crippen molar-refractivity contribution >= 4 is 58.8 Å². The summed E-state index contributed by atoms with van der Waals surface area (Å²) in [5.74, 6) is 0.215. The summed E-state index contributed by atoms with van der Waals surface area (Å²) < 4.78 is 2.56. The zero-order valence-electron chi connectivity index (χ0n) is 23.2. The van der Waals surface area contributed by atoms with Crippen LogP contribution in [-0.4, -0.2) is 4.98 Å². The Balaban J connectivity index is 1.28. The molecule has 0 spiro atoms. The molecule has 0 bridgehead atoms. The first-order valence-electron chi connectivity index (χ1n) is 14.6. The molecule has 2 aromatic heterocycles. The third kappa shape index (κ3) is 3.27. The molecule has 9 rings (SSSR count). The maximum atomic E-state index is 4.97. The van der Waals surface area contributed by atoms with E-state index in [0.717, 1.165) is 5.52 Å². The van der Waals surface area contributed by atoms with Gasteiger partial charge in [-0.05, 0) is 56.3 Å². The lowest BCUT2D eigenvalue weighted by Gasteiger charge is -2.45. The summed E-state index contributed by atoms with van der Waals surface area (Å²) in [6.45, 7) is 2.43. The van der Waals surface area contributed by atoms with Crippen molar-refractivity contribution < 1.29 is 0 Å². The van der Waals surface area contributed by atoms with Crippen LogP contribution in [0.2, 0.25) is 0 Å². The van der Waals surface area contributed by atoms with Crippen LogP contribution in [0.1, 0.15) is 29.2 Å². The van der Waals surface area contributed by atoms with Crippen molar-refractivity contribution in [1.29, 1.82) is 0 Å². The van der Waals surface area contributed by atoms with Crippen LogP contribution < -0.4 is 0 Å². The molecule has 0 saturated carbocycles. The van der Waals surface area contributed by atoms with Gasteiger partial charge in [0.15, 0.2) is 0 Å². The highest BCUT2D eigenvalue weighted by molar-refractivity contribution is 7.26. The van der Waals surface area contributed by atoms with Crippen molar-refractivity contribution in [3.8, 4) is 0 Å². The van der Waals surface area contributed by atoms with Crippen molar-refractivity contribution in [2.45, 2.75) is 12.3 Å². The summed E-state index contributed by atoms with van der Waals surface area (Å²) >= 11 is 1.84. The van der Waals surface area contributed by atoms with Crippen molar-refractivity contribution in [2.24, 2.45) is 5.92 Å². The van der Waals surface area contributed by atoms with E-state index in [-0.39, 0.29) is 11.3 Å². The van der Waals surface area contributed by atoms with Gasteiger partial charge < -0.3 is 0 Å². The normalized spacial score (nSPS) is 19.6. The van der Waals surface area contributed by atoms with Gasteiger partial charge in [-0.3, -0.25) is 4.98 Å². The molecule has 0 N–H and O–H groups in total. The zero-order valence-corrected chi connectivity index (χ0v) is 24.0. The van der Waals surface area contributed by atoms with Crippen LogP contribution in [0, 0.1) is 5.92 Å². The Bertz CT molecular complexity index is 2330. The topological polar surface area (TPSA) is 12.9 Å². The Morgan fingerprint density at radius 2 is 1.55 bits per heavy atom. The van der Waals surface area contributed by atoms with Crippen LogP contribution in [0.5, 0.6) is 0 Å². The molecule has 2 aliphatic rings. The van der Waals surface area contributed by atoms with Gasteiger partial charge in [-0.25, -0.2) is 0 Å². The molecular formula is C40H27NS. The highest BCUT2D eigenvalue weighted by atomic mass is 32.1. The van der Waals surface area contributed by atoms with Crippen LogP contribution >= 0.6 is 11.3 Å². The number of rotatable bonds is 2. The number of benzene rings is 5. The molecule has 0 amide bonds. The summed E-state index contributed by atoms with van der Waals surface area (Å²) in [4.78, 5) is 4.97. The molecule has 198 valence electrons. The van der Waals surface area contributed by atoms with Crippen LogP contribution in [0.3, 0.4) is 0 Å². The first-order valence-corrected chi connectivity index (χ1v) is 15.4. The second-order valence-corrected chi connectivity index (χ2v) is 12.8. The van der Waals surface area contributed by atoms with E-state index < -0.39 is 0 Å². The molecule has 0 radical (unpaired) electrons. The second kappa shape index (κ2) is 8.85. The van der Waals surface area contributed by atoms with E-state index >= 15 is 0 Å². The van der Waals surface area contributed by atoms with E-state index in [2.05, 4.69) is 147 Å². The number of thiophene rings is 1. The number of allylic oxidation sites excluding steroid dienone is 5. The molecule has 0 aliphatic heterocycles. The van der Waals surface area contributed by atoms with Gasteiger partial charge >= 0.3 is 0 Å². The fraction of sp³-hybridized carbons (Fsp3) is 0.0750. The Morgan fingerprint density at radius 1 is 0.714 bits per heavy atom. The molecule has 2 unspecified atom stereocenters. The Morgan fingerprint density at radius 3 is 2.50 bits per heavy atom. The van der Waals surface area contributed by atoms with Crippen molar-refractivity contribution in [3.05, 3.63) is 168 Å². The largest absolute Gasteiger partial charge is 0.254 e. The fourth-order valence-corrected chi connectivity index (χ4v) is 8.64. The van der Waals surface area contributed by atoms with E-state index in [1.165, 1.54) is 69.7 Å². The molecule has 42 heavy (non-hydrogen) atoms. The molecule has 2 aliphatic carbocycles. The Hall–Kier alpha value is -4.79. The summed E-state index contributed by atoms with van der Waals surface area (Å²) in [6, 6.07) is 40.3. The van der Waals surface area contributed by atoms with E-state index in [1.807, 2.05) is 11.3 Å². The second-order valence-electron chi connectivity index (χ2n) is 11.7. The molecule has 7 aromatic rings. The molecular weight excluding hydrogens is 527 g/mol. The van der Waals surface area contributed by atoms with E-state index in [4.69, 9.17) is 4.98 Å².